The largest absolute Gasteiger partial charge is 0.399 e. The molecule has 2 rings (SSSR count). The second-order valence-electron chi connectivity index (χ2n) is 4.64. The minimum Gasteiger partial charge on any atom is -0.399 e. The summed E-state index contributed by atoms with van der Waals surface area (Å²) in [5.41, 5.74) is 7.63. The first-order valence-electron chi connectivity index (χ1n) is 6.41. The number of carbonyl (C=O) groups excluding carboxylic acids is 2. The van der Waals surface area contributed by atoms with Crippen LogP contribution in [0.4, 0.5) is 5.69 Å². The van der Waals surface area contributed by atoms with Crippen molar-refractivity contribution in [2.75, 3.05) is 25.9 Å². The van der Waals surface area contributed by atoms with E-state index in [2.05, 4.69) is 10.3 Å². The van der Waals surface area contributed by atoms with Crippen molar-refractivity contribution in [1.82, 2.24) is 15.2 Å². The molecule has 0 unspecified atom stereocenters. The molecule has 1 aromatic carbocycles. The summed E-state index contributed by atoms with van der Waals surface area (Å²) in [5, 5.41) is 3.53. The Balaban J connectivity index is 2.16. The van der Waals surface area contributed by atoms with Gasteiger partial charge in [0.2, 0.25) is 5.91 Å². The van der Waals surface area contributed by atoms with Crippen LogP contribution in [0, 0.1) is 0 Å². The van der Waals surface area contributed by atoms with Crippen LogP contribution in [0.5, 0.6) is 0 Å². The number of hydrogen-bond donors (Lipinski definition) is 3. The fraction of sp³-hybridized carbons (Fsp3) is 0.286. The number of benzene rings is 1. The van der Waals surface area contributed by atoms with Crippen LogP contribution >= 0.6 is 0 Å². The highest BCUT2D eigenvalue weighted by molar-refractivity contribution is 5.99. The number of aromatic nitrogens is 1. The van der Waals surface area contributed by atoms with Gasteiger partial charge in [-0.05, 0) is 31.2 Å². The molecule has 0 aliphatic rings. The number of rotatable bonds is 4. The van der Waals surface area contributed by atoms with Gasteiger partial charge in [0.1, 0.15) is 5.69 Å². The molecule has 0 saturated carbocycles. The number of likely N-dealkylation sites (N-methyl/N-ethyl adjacent to an activating group) is 2. The minimum absolute atomic E-state index is 0.0319. The Labute approximate surface area is 116 Å². The smallest absolute Gasteiger partial charge is 0.270 e. The van der Waals surface area contributed by atoms with Crippen molar-refractivity contribution in [1.29, 1.82) is 0 Å². The van der Waals surface area contributed by atoms with Gasteiger partial charge >= 0.3 is 0 Å². The molecule has 0 saturated heterocycles. The van der Waals surface area contributed by atoms with Gasteiger partial charge in [0.25, 0.3) is 5.91 Å². The number of nitrogens with one attached hydrogen (secondary N) is 2. The van der Waals surface area contributed by atoms with Gasteiger partial charge < -0.3 is 20.9 Å². The predicted octanol–water partition coefficient (Wildman–Crippen LogP) is 0.958. The average molecular weight is 274 g/mol. The first-order valence-corrected chi connectivity index (χ1v) is 6.41. The van der Waals surface area contributed by atoms with Gasteiger partial charge in [-0.15, -0.1) is 0 Å². The molecule has 2 amide bonds. The molecular weight excluding hydrogens is 256 g/mol. The van der Waals surface area contributed by atoms with Gasteiger partial charge in [-0.3, -0.25) is 9.59 Å². The maximum Gasteiger partial charge on any atom is 0.270 e. The van der Waals surface area contributed by atoms with Crippen LogP contribution < -0.4 is 11.1 Å². The SMILES string of the molecule is CCNC(=O)CN(C)C(=O)c1cc2cc(N)ccc2[nH]1. The van der Waals surface area contributed by atoms with Gasteiger partial charge in [-0.1, -0.05) is 0 Å². The highest BCUT2D eigenvalue weighted by Gasteiger charge is 2.16. The van der Waals surface area contributed by atoms with Crippen molar-refractivity contribution in [3.63, 3.8) is 0 Å². The van der Waals surface area contributed by atoms with Crippen molar-refractivity contribution in [2.45, 2.75) is 6.92 Å². The van der Waals surface area contributed by atoms with E-state index >= 15 is 0 Å². The van der Waals surface area contributed by atoms with Crippen LogP contribution in [0.15, 0.2) is 24.3 Å². The zero-order chi connectivity index (χ0) is 14.7. The second kappa shape index (κ2) is 5.64. The lowest BCUT2D eigenvalue weighted by Crippen LogP contribution is -2.38. The van der Waals surface area contributed by atoms with Gasteiger partial charge in [0, 0.05) is 30.2 Å². The topological polar surface area (TPSA) is 91.2 Å². The zero-order valence-corrected chi connectivity index (χ0v) is 11.6. The number of carbonyl (C=O) groups is 2. The van der Waals surface area contributed by atoms with Crippen molar-refractivity contribution in [2.24, 2.45) is 0 Å². The van der Waals surface area contributed by atoms with Crippen LogP contribution in [0.2, 0.25) is 0 Å². The number of hydrogen-bond acceptors (Lipinski definition) is 3. The lowest BCUT2D eigenvalue weighted by atomic mass is 10.2. The van der Waals surface area contributed by atoms with E-state index in [1.165, 1.54) is 4.90 Å². The molecule has 1 aromatic heterocycles. The number of amides is 2. The average Bonchev–Trinajstić information content (AvgIpc) is 2.80. The van der Waals surface area contributed by atoms with E-state index in [1.54, 1.807) is 25.2 Å². The molecule has 6 nitrogen and oxygen atoms in total. The normalized spacial score (nSPS) is 10.5. The van der Waals surface area contributed by atoms with Crippen molar-refractivity contribution < 1.29 is 9.59 Å². The molecule has 0 aliphatic heterocycles. The van der Waals surface area contributed by atoms with Crippen molar-refractivity contribution >= 4 is 28.4 Å². The van der Waals surface area contributed by atoms with E-state index in [0.717, 1.165) is 10.9 Å². The molecule has 1 heterocycles. The van der Waals surface area contributed by atoms with E-state index in [1.807, 2.05) is 13.0 Å². The number of fused-ring (bicyclic) bond motifs is 1. The molecule has 20 heavy (non-hydrogen) atoms. The summed E-state index contributed by atoms with van der Waals surface area (Å²) in [4.78, 5) is 28.1. The quantitative estimate of drug-likeness (QED) is 0.725. The maximum absolute atomic E-state index is 12.2. The molecule has 0 bridgehead atoms. The summed E-state index contributed by atoms with van der Waals surface area (Å²) < 4.78 is 0. The minimum atomic E-state index is -0.231. The Kier molecular flexibility index (Phi) is 3.93. The number of aromatic amines is 1. The number of H-pyrrole nitrogens is 1. The third-order valence-corrected chi connectivity index (χ3v) is 2.98. The maximum atomic E-state index is 12.2. The molecule has 0 spiro atoms. The van der Waals surface area contributed by atoms with E-state index in [0.29, 0.717) is 17.9 Å². The zero-order valence-electron chi connectivity index (χ0n) is 11.6. The van der Waals surface area contributed by atoms with E-state index < -0.39 is 0 Å². The number of nitrogens with two attached hydrogens (primary N) is 1. The molecule has 0 radical (unpaired) electrons. The molecule has 6 heteroatoms. The summed E-state index contributed by atoms with van der Waals surface area (Å²) in [5.74, 6) is -0.408. The molecular formula is C14H18N4O2. The molecule has 0 fully saturated rings. The van der Waals surface area contributed by atoms with E-state index in [4.69, 9.17) is 5.73 Å². The number of nitrogen functional groups attached to an aromatic ring is 1. The molecule has 0 atom stereocenters. The Morgan fingerprint density at radius 2 is 2.10 bits per heavy atom. The van der Waals surface area contributed by atoms with Crippen molar-refractivity contribution in [3.8, 4) is 0 Å². The molecule has 4 N–H and O–H groups in total. The van der Waals surface area contributed by atoms with Gasteiger partial charge in [-0.25, -0.2) is 0 Å². The standard InChI is InChI=1S/C14H18N4O2/c1-3-16-13(19)8-18(2)14(20)12-7-9-6-10(15)4-5-11(9)17-12/h4-7,17H,3,8,15H2,1-2H3,(H,16,19). The first kappa shape index (κ1) is 13.9. The van der Waals surface area contributed by atoms with Crippen molar-refractivity contribution in [3.05, 3.63) is 30.0 Å². The Morgan fingerprint density at radius 1 is 1.35 bits per heavy atom. The second-order valence-corrected chi connectivity index (χ2v) is 4.64. The van der Waals surface area contributed by atoms with Crippen LogP contribution in [-0.2, 0) is 4.79 Å². The molecule has 2 aromatic rings. The fourth-order valence-electron chi connectivity index (χ4n) is 2.01. The summed E-state index contributed by atoms with van der Waals surface area (Å²) in [6.07, 6.45) is 0. The number of nitrogens with zero attached hydrogens (tertiary/aromatic N) is 1. The summed E-state index contributed by atoms with van der Waals surface area (Å²) in [7, 11) is 1.59. The van der Waals surface area contributed by atoms with Crippen LogP contribution in [0.3, 0.4) is 0 Å². The Bertz CT molecular complexity index is 648. The van der Waals surface area contributed by atoms with Crippen LogP contribution in [0.25, 0.3) is 10.9 Å². The monoisotopic (exact) mass is 274 g/mol. The number of anilines is 1. The molecule has 106 valence electrons. The highest BCUT2D eigenvalue weighted by Crippen LogP contribution is 2.19. The van der Waals surface area contributed by atoms with E-state index in [-0.39, 0.29) is 18.4 Å². The lowest BCUT2D eigenvalue weighted by Gasteiger charge is -2.15. The lowest BCUT2D eigenvalue weighted by molar-refractivity contribution is -0.121. The molecule has 0 aliphatic carbocycles. The van der Waals surface area contributed by atoms with Gasteiger partial charge in [0.15, 0.2) is 0 Å². The van der Waals surface area contributed by atoms with Gasteiger partial charge in [0.05, 0.1) is 6.54 Å². The third-order valence-electron chi connectivity index (χ3n) is 2.98. The summed E-state index contributed by atoms with van der Waals surface area (Å²) in [6.45, 7) is 2.42. The third kappa shape index (κ3) is 2.90. The highest BCUT2D eigenvalue weighted by atomic mass is 16.2. The Hall–Kier alpha value is -2.50. The predicted molar refractivity (Wildman–Crippen MR) is 78.4 cm³/mol. The van der Waals surface area contributed by atoms with Crippen LogP contribution in [0.1, 0.15) is 17.4 Å². The van der Waals surface area contributed by atoms with Gasteiger partial charge in [-0.2, -0.15) is 0 Å². The summed E-state index contributed by atoms with van der Waals surface area (Å²) >= 11 is 0. The Morgan fingerprint density at radius 3 is 2.80 bits per heavy atom. The summed E-state index contributed by atoms with van der Waals surface area (Å²) in [6, 6.07) is 7.13. The fourth-order valence-corrected chi connectivity index (χ4v) is 2.01. The van der Waals surface area contributed by atoms with Crippen LogP contribution in [-0.4, -0.2) is 41.8 Å². The first-order chi connectivity index (χ1) is 9.51. The van der Waals surface area contributed by atoms with E-state index in [9.17, 15) is 9.59 Å².